The quantitative estimate of drug-likeness (QED) is 0.833. The highest BCUT2D eigenvalue weighted by Gasteiger charge is 2.23. The number of alkyl halides is 1. The first kappa shape index (κ1) is 14.3. The first-order valence-corrected chi connectivity index (χ1v) is 6.43. The Morgan fingerprint density at radius 2 is 2.25 bits per heavy atom. The summed E-state index contributed by atoms with van der Waals surface area (Å²) in [6.07, 6.45) is 3.10. The molecule has 1 atom stereocenters. The van der Waals surface area contributed by atoms with Crippen LogP contribution >= 0.6 is 0 Å². The van der Waals surface area contributed by atoms with Gasteiger partial charge in [-0.2, -0.15) is 5.10 Å². The summed E-state index contributed by atoms with van der Waals surface area (Å²) in [7, 11) is 1.46. The van der Waals surface area contributed by atoms with Crippen molar-refractivity contribution in [2.75, 3.05) is 19.0 Å². The molecule has 108 valence electrons. The van der Waals surface area contributed by atoms with Crippen LogP contribution in [0, 0.1) is 5.92 Å². The summed E-state index contributed by atoms with van der Waals surface area (Å²) in [5, 5.41) is 5.50. The number of rotatable bonds is 5. The summed E-state index contributed by atoms with van der Waals surface area (Å²) in [6, 6.07) is 4.81. The van der Waals surface area contributed by atoms with E-state index in [9.17, 15) is 9.18 Å². The Labute approximate surface area is 117 Å². The summed E-state index contributed by atoms with van der Waals surface area (Å²) in [5.74, 6) is 0.773. The van der Waals surface area contributed by atoms with E-state index in [4.69, 9.17) is 9.47 Å². The molecule has 0 saturated carbocycles. The van der Waals surface area contributed by atoms with Crippen molar-refractivity contribution in [3.05, 3.63) is 18.2 Å². The largest absolute Gasteiger partial charge is 0.493 e. The molecule has 6 heteroatoms. The fourth-order valence-electron chi connectivity index (χ4n) is 2.02. The maximum atomic E-state index is 12.2. The number of amides is 1. The maximum Gasteiger partial charge on any atom is 0.248 e. The number of nitrogens with zero attached hydrogens (tertiary/aromatic N) is 2. The van der Waals surface area contributed by atoms with Gasteiger partial charge in [0, 0.05) is 24.6 Å². The summed E-state index contributed by atoms with van der Waals surface area (Å²) >= 11 is 0. The number of methoxy groups -OCH3 is 1. The zero-order valence-electron chi connectivity index (χ0n) is 11.5. The van der Waals surface area contributed by atoms with Gasteiger partial charge in [-0.3, -0.25) is 4.79 Å². The second-order valence-corrected chi connectivity index (χ2v) is 4.43. The highest BCUT2D eigenvalue weighted by molar-refractivity contribution is 5.97. The molecule has 1 amide bonds. The predicted molar refractivity (Wildman–Crippen MR) is 74.0 cm³/mol. The van der Waals surface area contributed by atoms with E-state index in [1.165, 1.54) is 12.1 Å². The van der Waals surface area contributed by atoms with Gasteiger partial charge in [0.25, 0.3) is 0 Å². The Morgan fingerprint density at radius 1 is 1.45 bits per heavy atom. The molecule has 0 saturated heterocycles. The molecule has 1 aromatic carbocycles. The van der Waals surface area contributed by atoms with E-state index in [2.05, 4.69) is 5.10 Å². The van der Waals surface area contributed by atoms with E-state index in [1.54, 1.807) is 24.4 Å². The number of hydrogen-bond acceptors (Lipinski definition) is 4. The van der Waals surface area contributed by atoms with Gasteiger partial charge in [0.2, 0.25) is 12.8 Å². The van der Waals surface area contributed by atoms with Crippen molar-refractivity contribution in [2.45, 2.75) is 19.8 Å². The van der Waals surface area contributed by atoms with Crippen LogP contribution < -0.4 is 14.5 Å². The average Bonchev–Trinajstić information content (AvgIpc) is 2.48. The number of ether oxygens (including phenoxy) is 2. The topological polar surface area (TPSA) is 51.1 Å². The normalized spacial score (nSPS) is 18.2. The minimum Gasteiger partial charge on any atom is -0.493 e. The second kappa shape index (κ2) is 6.36. The Kier molecular flexibility index (Phi) is 4.55. The van der Waals surface area contributed by atoms with Gasteiger partial charge in [0.05, 0.1) is 12.8 Å². The molecule has 20 heavy (non-hydrogen) atoms. The number of halogens is 1. The van der Waals surface area contributed by atoms with Crippen molar-refractivity contribution in [2.24, 2.45) is 11.0 Å². The van der Waals surface area contributed by atoms with Crippen LogP contribution in [0.15, 0.2) is 23.3 Å². The van der Waals surface area contributed by atoms with Crippen molar-refractivity contribution in [1.82, 2.24) is 0 Å². The number of hydrogen-bond donors (Lipinski definition) is 0. The SMILES string of the molecule is CCC1C=NN(c2ccc(OCF)c(OC)c2)C(=O)C1. The monoisotopic (exact) mass is 280 g/mol. The molecular formula is C14H17FN2O3. The van der Waals surface area contributed by atoms with Gasteiger partial charge in [0.1, 0.15) is 0 Å². The lowest BCUT2D eigenvalue weighted by Crippen LogP contribution is -2.32. The Bertz CT molecular complexity index is 519. The minimum atomic E-state index is -0.936. The smallest absolute Gasteiger partial charge is 0.248 e. The lowest BCUT2D eigenvalue weighted by molar-refractivity contribution is -0.119. The predicted octanol–water partition coefficient (Wildman–Crippen LogP) is 2.75. The summed E-state index contributed by atoms with van der Waals surface area (Å²) < 4.78 is 22.2. The number of benzene rings is 1. The summed E-state index contributed by atoms with van der Waals surface area (Å²) in [6.45, 7) is 1.08. The van der Waals surface area contributed by atoms with E-state index in [1.807, 2.05) is 6.92 Å². The molecule has 2 rings (SSSR count). The lowest BCUT2D eigenvalue weighted by atomic mass is 10.0. The Balaban J connectivity index is 2.27. The summed E-state index contributed by atoms with van der Waals surface area (Å²) in [5.41, 5.74) is 0.573. The molecule has 0 N–H and O–H groups in total. The molecule has 0 spiro atoms. The zero-order chi connectivity index (χ0) is 14.5. The molecule has 1 aromatic rings. The van der Waals surface area contributed by atoms with Crippen molar-refractivity contribution >= 4 is 17.8 Å². The molecule has 1 aliphatic heterocycles. The van der Waals surface area contributed by atoms with E-state index < -0.39 is 6.86 Å². The van der Waals surface area contributed by atoms with Crippen LogP contribution in [0.3, 0.4) is 0 Å². The van der Waals surface area contributed by atoms with Crippen LogP contribution in [0.25, 0.3) is 0 Å². The van der Waals surface area contributed by atoms with Crippen molar-refractivity contribution in [3.63, 3.8) is 0 Å². The standard InChI is InChI=1S/C14H17FN2O3/c1-3-10-6-14(18)17(16-8-10)11-4-5-12(20-9-15)13(7-11)19-2/h4-5,7-8,10H,3,6,9H2,1-2H3. The third kappa shape index (κ3) is 2.89. The first-order valence-electron chi connectivity index (χ1n) is 6.43. The van der Waals surface area contributed by atoms with E-state index in [0.717, 1.165) is 6.42 Å². The van der Waals surface area contributed by atoms with Gasteiger partial charge in [-0.15, -0.1) is 0 Å². The number of carbonyl (C=O) groups is 1. The van der Waals surface area contributed by atoms with Crippen LogP contribution in [0.5, 0.6) is 11.5 Å². The number of hydrazone groups is 1. The van der Waals surface area contributed by atoms with Crippen LogP contribution in [-0.2, 0) is 4.79 Å². The number of carbonyl (C=O) groups excluding carboxylic acids is 1. The van der Waals surface area contributed by atoms with Gasteiger partial charge in [-0.1, -0.05) is 6.92 Å². The van der Waals surface area contributed by atoms with Gasteiger partial charge >= 0.3 is 0 Å². The van der Waals surface area contributed by atoms with Crippen LogP contribution in [0.2, 0.25) is 0 Å². The molecule has 0 radical (unpaired) electrons. The van der Waals surface area contributed by atoms with Gasteiger partial charge in [-0.05, 0) is 18.6 Å². The molecule has 1 aliphatic rings. The molecule has 1 heterocycles. The fourth-order valence-corrected chi connectivity index (χ4v) is 2.02. The van der Waals surface area contributed by atoms with Crippen LogP contribution in [0.4, 0.5) is 10.1 Å². The Hall–Kier alpha value is -2.11. The van der Waals surface area contributed by atoms with E-state index in [-0.39, 0.29) is 11.8 Å². The maximum absolute atomic E-state index is 12.2. The van der Waals surface area contributed by atoms with E-state index >= 15 is 0 Å². The van der Waals surface area contributed by atoms with Crippen molar-refractivity contribution in [3.8, 4) is 11.5 Å². The third-order valence-electron chi connectivity index (χ3n) is 3.19. The minimum absolute atomic E-state index is 0.0689. The second-order valence-electron chi connectivity index (χ2n) is 4.43. The average molecular weight is 280 g/mol. The zero-order valence-corrected chi connectivity index (χ0v) is 11.5. The van der Waals surface area contributed by atoms with Crippen LogP contribution in [-0.4, -0.2) is 26.1 Å². The van der Waals surface area contributed by atoms with Crippen molar-refractivity contribution in [1.29, 1.82) is 0 Å². The van der Waals surface area contributed by atoms with E-state index in [0.29, 0.717) is 23.6 Å². The fraction of sp³-hybridized carbons (Fsp3) is 0.429. The Morgan fingerprint density at radius 3 is 2.85 bits per heavy atom. The van der Waals surface area contributed by atoms with Crippen LogP contribution in [0.1, 0.15) is 19.8 Å². The molecule has 0 aromatic heterocycles. The first-order chi connectivity index (χ1) is 9.69. The number of anilines is 1. The highest BCUT2D eigenvalue weighted by Crippen LogP contribution is 2.33. The third-order valence-corrected chi connectivity index (χ3v) is 3.19. The molecular weight excluding hydrogens is 263 g/mol. The lowest BCUT2D eigenvalue weighted by Gasteiger charge is -2.24. The molecule has 0 bridgehead atoms. The van der Waals surface area contributed by atoms with Gasteiger partial charge in [0.15, 0.2) is 11.5 Å². The molecule has 1 unspecified atom stereocenters. The van der Waals surface area contributed by atoms with Gasteiger partial charge in [-0.25, -0.2) is 9.40 Å². The molecule has 5 nitrogen and oxygen atoms in total. The van der Waals surface area contributed by atoms with Gasteiger partial charge < -0.3 is 9.47 Å². The van der Waals surface area contributed by atoms with Crippen molar-refractivity contribution < 1.29 is 18.7 Å². The molecule has 0 aliphatic carbocycles. The summed E-state index contributed by atoms with van der Waals surface area (Å²) in [4.78, 5) is 12.1. The highest BCUT2D eigenvalue weighted by atomic mass is 19.1. The molecule has 0 fully saturated rings.